The van der Waals surface area contributed by atoms with E-state index in [1.54, 1.807) is 0 Å². The van der Waals surface area contributed by atoms with Gasteiger partial charge in [0.1, 0.15) is 6.10 Å². The van der Waals surface area contributed by atoms with E-state index in [4.69, 9.17) is 4.74 Å². The van der Waals surface area contributed by atoms with E-state index in [-0.39, 0.29) is 17.3 Å². The maximum absolute atomic E-state index is 12.6. The Labute approximate surface area is 177 Å². The first-order chi connectivity index (χ1) is 13.6. The van der Waals surface area contributed by atoms with Gasteiger partial charge in [-0.1, -0.05) is 96.8 Å². The van der Waals surface area contributed by atoms with E-state index in [1.807, 2.05) is 0 Å². The molecule has 28 heavy (non-hydrogen) atoms. The molecule has 3 atom stereocenters. The number of esters is 1. The van der Waals surface area contributed by atoms with Gasteiger partial charge in [0.15, 0.2) is 0 Å². The SMILES string of the molecule is CCCCCCCCCCCCCCCC[S@](=O)[C@H]1CCCC[C@@H]1OC(C)=O. The zero-order valence-corrected chi connectivity index (χ0v) is 19.5. The number of hydrogen-bond donors (Lipinski definition) is 0. The van der Waals surface area contributed by atoms with Gasteiger partial charge < -0.3 is 4.74 Å². The Balaban J connectivity index is 1.93. The predicted octanol–water partition coefficient (Wildman–Crippen LogP) is 7.09. The van der Waals surface area contributed by atoms with Crippen molar-refractivity contribution in [3.63, 3.8) is 0 Å². The lowest BCUT2D eigenvalue weighted by molar-refractivity contribution is -0.147. The molecule has 0 unspecified atom stereocenters. The molecule has 3 nitrogen and oxygen atoms in total. The van der Waals surface area contributed by atoms with Crippen LogP contribution in [0.25, 0.3) is 0 Å². The van der Waals surface area contributed by atoms with Crippen molar-refractivity contribution in [2.45, 2.75) is 141 Å². The van der Waals surface area contributed by atoms with Crippen LogP contribution < -0.4 is 0 Å². The van der Waals surface area contributed by atoms with E-state index < -0.39 is 10.8 Å². The summed E-state index contributed by atoms with van der Waals surface area (Å²) < 4.78 is 18.0. The van der Waals surface area contributed by atoms with Crippen LogP contribution in [-0.2, 0) is 20.3 Å². The smallest absolute Gasteiger partial charge is 0.302 e. The van der Waals surface area contributed by atoms with E-state index in [0.717, 1.165) is 37.9 Å². The van der Waals surface area contributed by atoms with Crippen LogP contribution in [0, 0.1) is 0 Å². The van der Waals surface area contributed by atoms with Crippen LogP contribution >= 0.6 is 0 Å². The Morgan fingerprint density at radius 3 is 1.75 bits per heavy atom. The molecule has 0 radical (unpaired) electrons. The van der Waals surface area contributed by atoms with E-state index in [0.29, 0.717) is 0 Å². The molecule has 0 heterocycles. The molecule has 0 N–H and O–H groups in total. The lowest BCUT2D eigenvalue weighted by Crippen LogP contribution is -2.37. The zero-order chi connectivity index (χ0) is 20.5. The Kier molecular flexibility index (Phi) is 16.0. The van der Waals surface area contributed by atoms with Gasteiger partial charge in [-0.15, -0.1) is 0 Å². The molecule has 0 aromatic carbocycles. The molecule has 1 saturated carbocycles. The number of rotatable bonds is 17. The number of carbonyl (C=O) groups is 1. The van der Waals surface area contributed by atoms with Crippen molar-refractivity contribution in [3.05, 3.63) is 0 Å². The van der Waals surface area contributed by atoms with Gasteiger partial charge in [0.05, 0.1) is 5.25 Å². The average Bonchev–Trinajstić information content (AvgIpc) is 2.68. The third-order valence-electron chi connectivity index (χ3n) is 6.00. The van der Waals surface area contributed by atoms with E-state index in [9.17, 15) is 9.00 Å². The summed E-state index contributed by atoms with van der Waals surface area (Å²) in [6.07, 6.45) is 22.7. The van der Waals surface area contributed by atoms with Gasteiger partial charge in [-0.3, -0.25) is 9.00 Å². The van der Waals surface area contributed by atoms with Gasteiger partial charge in [-0.2, -0.15) is 0 Å². The van der Waals surface area contributed by atoms with Gasteiger partial charge in [-0.25, -0.2) is 0 Å². The monoisotopic (exact) mass is 414 g/mol. The summed E-state index contributed by atoms with van der Waals surface area (Å²) in [5, 5.41) is 0.0691. The standard InChI is InChI=1S/C24H46O3S/c1-3-4-5-6-7-8-9-10-11-12-13-14-15-18-21-28(26)24-20-17-16-19-23(24)27-22(2)25/h23-24H,3-21H2,1-2H3/t23-,24-,28-/m0/s1. The average molecular weight is 415 g/mol. The molecule has 1 rings (SSSR count). The summed E-state index contributed by atoms with van der Waals surface area (Å²) in [6.45, 7) is 3.74. The van der Waals surface area contributed by atoms with Crippen molar-refractivity contribution < 1.29 is 13.7 Å². The van der Waals surface area contributed by atoms with Crippen molar-refractivity contribution in [2.75, 3.05) is 5.75 Å². The maximum Gasteiger partial charge on any atom is 0.302 e. The van der Waals surface area contributed by atoms with Crippen LogP contribution in [0.15, 0.2) is 0 Å². The summed E-state index contributed by atoms with van der Waals surface area (Å²) >= 11 is 0. The third-order valence-corrected chi connectivity index (χ3v) is 7.90. The molecule has 0 aromatic heterocycles. The number of hydrogen-bond acceptors (Lipinski definition) is 3. The highest BCUT2D eigenvalue weighted by Crippen LogP contribution is 2.26. The van der Waals surface area contributed by atoms with Crippen molar-refractivity contribution in [1.82, 2.24) is 0 Å². The minimum Gasteiger partial charge on any atom is -0.461 e. The van der Waals surface area contributed by atoms with Crippen LogP contribution in [0.3, 0.4) is 0 Å². The first-order valence-electron chi connectivity index (χ1n) is 12.2. The first kappa shape index (κ1) is 25.7. The second-order valence-corrected chi connectivity index (χ2v) is 10.4. The summed E-state index contributed by atoms with van der Waals surface area (Å²) in [6, 6.07) is 0. The molecule has 0 saturated heterocycles. The molecular weight excluding hydrogens is 368 g/mol. The molecule has 4 heteroatoms. The summed E-state index contributed by atoms with van der Waals surface area (Å²) in [5.74, 6) is 0.547. The fraction of sp³-hybridized carbons (Fsp3) is 0.958. The van der Waals surface area contributed by atoms with Crippen molar-refractivity contribution >= 4 is 16.8 Å². The fourth-order valence-corrected chi connectivity index (χ4v) is 6.05. The highest BCUT2D eigenvalue weighted by atomic mass is 32.2. The largest absolute Gasteiger partial charge is 0.461 e. The summed E-state index contributed by atoms with van der Waals surface area (Å²) in [5.41, 5.74) is 0. The third kappa shape index (κ3) is 13.0. The molecule has 1 fully saturated rings. The Hall–Kier alpha value is -0.380. The van der Waals surface area contributed by atoms with E-state index in [1.165, 1.54) is 90.4 Å². The summed E-state index contributed by atoms with van der Waals surface area (Å²) in [4.78, 5) is 11.3. The topological polar surface area (TPSA) is 43.4 Å². The normalized spacial score (nSPS) is 20.8. The summed E-state index contributed by atoms with van der Waals surface area (Å²) in [7, 11) is -0.846. The lowest BCUT2D eigenvalue weighted by atomic mass is 9.97. The second-order valence-electron chi connectivity index (χ2n) is 8.65. The van der Waals surface area contributed by atoms with Crippen LogP contribution in [0.1, 0.15) is 129 Å². The van der Waals surface area contributed by atoms with Crippen molar-refractivity contribution in [3.8, 4) is 0 Å². The minimum absolute atomic E-state index is 0.0691. The number of carbonyl (C=O) groups excluding carboxylic acids is 1. The van der Waals surface area contributed by atoms with Gasteiger partial charge in [-0.05, 0) is 25.7 Å². The number of unbranched alkanes of at least 4 members (excludes halogenated alkanes) is 13. The van der Waals surface area contributed by atoms with Gasteiger partial charge in [0, 0.05) is 23.5 Å². The fourth-order valence-electron chi connectivity index (χ4n) is 4.30. The molecule has 0 spiro atoms. The lowest BCUT2D eigenvalue weighted by Gasteiger charge is -2.30. The molecule has 0 aromatic rings. The van der Waals surface area contributed by atoms with Crippen LogP contribution in [0.4, 0.5) is 0 Å². The van der Waals surface area contributed by atoms with Gasteiger partial charge in [0.25, 0.3) is 0 Å². The quantitative estimate of drug-likeness (QED) is 0.188. The van der Waals surface area contributed by atoms with Crippen molar-refractivity contribution in [2.24, 2.45) is 0 Å². The first-order valence-corrected chi connectivity index (χ1v) is 13.6. The maximum atomic E-state index is 12.6. The van der Waals surface area contributed by atoms with Crippen LogP contribution in [0.5, 0.6) is 0 Å². The minimum atomic E-state index is -0.846. The Morgan fingerprint density at radius 1 is 0.786 bits per heavy atom. The highest BCUT2D eigenvalue weighted by molar-refractivity contribution is 7.85. The Morgan fingerprint density at radius 2 is 1.25 bits per heavy atom. The number of ether oxygens (including phenoxy) is 1. The molecule has 1 aliphatic rings. The van der Waals surface area contributed by atoms with Crippen molar-refractivity contribution in [1.29, 1.82) is 0 Å². The zero-order valence-electron chi connectivity index (χ0n) is 18.7. The van der Waals surface area contributed by atoms with Crippen LogP contribution in [0.2, 0.25) is 0 Å². The Bertz CT molecular complexity index is 411. The highest BCUT2D eigenvalue weighted by Gasteiger charge is 2.31. The molecular formula is C24H46O3S. The molecule has 0 aliphatic heterocycles. The molecule has 1 aliphatic carbocycles. The van der Waals surface area contributed by atoms with E-state index in [2.05, 4.69) is 6.92 Å². The molecule has 166 valence electrons. The van der Waals surface area contributed by atoms with Crippen LogP contribution in [-0.4, -0.2) is 27.3 Å². The van der Waals surface area contributed by atoms with Gasteiger partial charge >= 0.3 is 5.97 Å². The molecule has 0 bridgehead atoms. The van der Waals surface area contributed by atoms with Gasteiger partial charge in [0.2, 0.25) is 0 Å². The van der Waals surface area contributed by atoms with E-state index >= 15 is 0 Å². The molecule has 0 amide bonds. The predicted molar refractivity (Wildman–Crippen MR) is 121 cm³/mol. The second kappa shape index (κ2) is 17.5.